The number of nitrogens with zero attached hydrogens (tertiary/aromatic N) is 3. The smallest absolute Gasteiger partial charge is 0.0998 e. The largest absolute Gasteiger partial charge is 0.262 e. The highest BCUT2D eigenvalue weighted by atomic mass is 15.3. The summed E-state index contributed by atoms with van der Waals surface area (Å²) in [5, 5.41) is 13.5. The van der Waals surface area contributed by atoms with Crippen molar-refractivity contribution in [3.8, 4) is 17.3 Å². The van der Waals surface area contributed by atoms with Gasteiger partial charge >= 0.3 is 0 Å². The van der Waals surface area contributed by atoms with Gasteiger partial charge < -0.3 is 0 Å². The fraction of sp³-hybridized carbons (Fsp3) is 0.286. The second kappa shape index (κ2) is 4.42. The third kappa shape index (κ3) is 2.07. The van der Waals surface area contributed by atoms with Crippen LogP contribution in [0.1, 0.15) is 31.0 Å². The summed E-state index contributed by atoms with van der Waals surface area (Å²) in [6.45, 7) is 6.19. The average molecular weight is 225 g/mol. The van der Waals surface area contributed by atoms with E-state index in [2.05, 4.69) is 25.0 Å². The first-order valence-corrected chi connectivity index (χ1v) is 5.68. The number of benzene rings is 1. The van der Waals surface area contributed by atoms with Gasteiger partial charge in [0.05, 0.1) is 17.3 Å². The molecule has 0 radical (unpaired) electrons. The predicted octanol–water partition coefficient (Wildman–Crippen LogP) is 3.31. The lowest BCUT2D eigenvalue weighted by atomic mass is 10.0. The summed E-state index contributed by atoms with van der Waals surface area (Å²) in [5.74, 6) is 0. The molecule has 1 heterocycles. The second-order valence-corrected chi connectivity index (χ2v) is 4.42. The highest BCUT2D eigenvalue weighted by Crippen LogP contribution is 2.26. The predicted molar refractivity (Wildman–Crippen MR) is 67.5 cm³/mol. The minimum atomic E-state index is 0.284. The zero-order valence-corrected chi connectivity index (χ0v) is 10.3. The molecule has 0 aliphatic heterocycles. The van der Waals surface area contributed by atoms with Crippen LogP contribution < -0.4 is 0 Å². The molecular formula is C14H15N3. The molecular weight excluding hydrogens is 210 g/mol. The van der Waals surface area contributed by atoms with Crippen molar-refractivity contribution in [2.24, 2.45) is 0 Å². The molecule has 17 heavy (non-hydrogen) atoms. The lowest BCUT2D eigenvalue weighted by Crippen LogP contribution is -2.05. The first-order chi connectivity index (χ1) is 8.13. The number of aromatic nitrogens is 2. The van der Waals surface area contributed by atoms with Gasteiger partial charge in [0.2, 0.25) is 0 Å². The quantitative estimate of drug-likeness (QED) is 0.786. The number of aryl methyl sites for hydroxylation is 1. The van der Waals surface area contributed by atoms with Crippen molar-refractivity contribution in [1.82, 2.24) is 9.78 Å². The van der Waals surface area contributed by atoms with E-state index in [-0.39, 0.29) is 6.04 Å². The molecule has 0 saturated carbocycles. The normalized spacial score (nSPS) is 10.5. The maximum absolute atomic E-state index is 9.16. The molecule has 3 nitrogen and oxygen atoms in total. The maximum atomic E-state index is 9.16. The van der Waals surface area contributed by atoms with Crippen LogP contribution in [0.15, 0.2) is 30.5 Å². The molecule has 0 unspecified atom stereocenters. The first-order valence-electron chi connectivity index (χ1n) is 5.68. The van der Waals surface area contributed by atoms with E-state index in [0.717, 1.165) is 16.8 Å². The Morgan fingerprint density at radius 3 is 2.71 bits per heavy atom. The molecule has 0 saturated heterocycles. The van der Waals surface area contributed by atoms with Crippen molar-refractivity contribution in [2.75, 3.05) is 0 Å². The standard InChI is InChI=1S/C14H15N3/c1-10(2)17-14(6-7-16-17)13-8-11(3)4-5-12(13)9-15/h4-8,10H,1-3H3. The molecule has 2 rings (SSSR count). The summed E-state index contributed by atoms with van der Waals surface area (Å²) in [6, 6.07) is 10.3. The Hall–Kier alpha value is -2.08. The van der Waals surface area contributed by atoms with Crippen LogP contribution in [0.5, 0.6) is 0 Å². The van der Waals surface area contributed by atoms with Crippen molar-refractivity contribution in [2.45, 2.75) is 26.8 Å². The van der Waals surface area contributed by atoms with Gasteiger partial charge in [0.25, 0.3) is 0 Å². The molecule has 0 spiro atoms. The highest BCUT2D eigenvalue weighted by molar-refractivity contribution is 5.68. The Balaban J connectivity index is 2.64. The van der Waals surface area contributed by atoms with Gasteiger partial charge in [0.15, 0.2) is 0 Å². The van der Waals surface area contributed by atoms with Crippen molar-refractivity contribution in [1.29, 1.82) is 5.26 Å². The summed E-state index contributed by atoms with van der Waals surface area (Å²) in [4.78, 5) is 0. The second-order valence-electron chi connectivity index (χ2n) is 4.42. The van der Waals surface area contributed by atoms with E-state index in [0.29, 0.717) is 5.56 Å². The minimum absolute atomic E-state index is 0.284. The summed E-state index contributed by atoms with van der Waals surface area (Å²) in [7, 11) is 0. The monoisotopic (exact) mass is 225 g/mol. The van der Waals surface area contributed by atoms with E-state index in [1.165, 1.54) is 0 Å². The fourth-order valence-electron chi connectivity index (χ4n) is 1.91. The van der Waals surface area contributed by atoms with Crippen molar-refractivity contribution in [3.05, 3.63) is 41.6 Å². The zero-order chi connectivity index (χ0) is 12.4. The molecule has 0 atom stereocenters. The molecule has 86 valence electrons. The van der Waals surface area contributed by atoms with Gasteiger partial charge in [-0.2, -0.15) is 10.4 Å². The van der Waals surface area contributed by atoms with Gasteiger partial charge in [-0.25, -0.2) is 0 Å². The van der Waals surface area contributed by atoms with Crippen LogP contribution in [0.3, 0.4) is 0 Å². The molecule has 0 fully saturated rings. The van der Waals surface area contributed by atoms with Crippen LogP contribution in [-0.2, 0) is 0 Å². The van der Waals surface area contributed by atoms with Crippen LogP contribution in [0.25, 0.3) is 11.3 Å². The van der Waals surface area contributed by atoms with E-state index < -0.39 is 0 Å². The van der Waals surface area contributed by atoms with Crippen molar-refractivity contribution in [3.63, 3.8) is 0 Å². The Bertz CT molecular complexity index is 573. The van der Waals surface area contributed by atoms with Gasteiger partial charge in [-0.1, -0.05) is 11.6 Å². The van der Waals surface area contributed by atoms with Crippen LogP contribution in [0.2, 0.25) is 0 Å². The van der Waals surface area contributed by atoms with Gasteiger partial charge in [0, 0.05) is 17.8 Å². The Morgan fingerprint density at radius 1 is 1.29 bits per heavy atom. The number of hydrogen-bond acceptors (Lipinski definition) is 2. The maximum Gasteiger partial charge on any atom is 0.0998 e. The van der Waals surface area contributed by atoms with Gasteiger partial charge in [-0.05, 0) is 39.0 Å². The molecule has 0 aliphatic rings. The lowest BCUT2D eigenvalue weighted by molar-refractivity contribution is 0.538. The third-order valence-electron chi connectivity index (χ3n) is 2.73. The van der Waals surface area contributed by atoms with Crippen LogP contribution in [0.4, 0.5) is 0 Å². The van der Waals surface area contributed by atoms with Gasteiger partial charge in [0.1, 0.15) is 0 Å². The Labute approximate surface area is 101 Å². The Kier molecular flexibility index (Phi) is 2.97. The first kappa shape index (κ1) is 11.4. The number of rotatable bonds is 2. The zero-order valence-electron chi connectivity index (χ0n) is 10.3. The number of nitriles is 1. The Morgan fingerprint density at radius 2 is 2.06 bits per heavy atom. The van der Waals surface area contributed by atoms with Crippen molar-refractivity contribution < 1.29 is 0 Å². The van der Waals surface area contributed by atoms with Crippen LogP contribution in [0, 0.1) is 18.3 Å². The van der Waals surface area contributed by atoms with E-state index in [9.17, 15) is 0 Å². The fourth-order valence-corrected chi connectivity index (χ4v) is 1.91. The third-order valence-corrected chi connectivity index (χ3v) is 2.73. The highest BCUT2D eigenvalue weighted by Gasteiger charge is 2.12. The topological polar surface area (TPSA) is 41.6 Å². The summed E-state index contributed by atoms with van der Waals surface area (Å²) in [5.41, 5.74) is 3.80. The molecule has 0 aliphatic carbocycles. The van der Waals surface area contributed by atoms with E-state index in [4.69, 9.17) is 5.26 Å². The lowest BCUT2D eigenvalue weighted by Gasteiger charge is -2.12. The van der Waals surface area contributed by atoms with E-state index in [1.54, 1.807) is 6.20 Å². The molecule has 3 heteroatoms. The molecule has 2 aromatic rings. The van der Waals surface area contributed by atoms with E-state index >= 15 is 0 Å². The van der Waals surface area contributed by atoms with Gasteiger partial charge in [-0.3, -0.25) is 4.68 Å². The summed E-state index contributed by atoms with van der Waals surface area (Å²) >= 11 is 0. The average Bonchev–Trinajstić information content (AvgIpc) is 2.77. The van der Waals surface area contributed by atoms with Crippen LogP contribution >= 0.6 is 0 Å². The molecule has 1 aromatic carbocycles. The van der Waals surface area contributed by atoms with E-state index in [1.807, 2.05) is 35.9 Å². The van der Waals surface area contributed by atoms with Crippen molar-refractivity contribution >= 4 is 0 Å². The minimum Gasteiger partial charge on any atom is -0.262 e. The summed E-state index contributed by atoms with van der Waals surface area (Å²) in [6.07, 6.45) is 1.78. The summed E-state index contributed by atoms with van der Waals surface area (Å²) < 4.78 is 1.94. The molecule has 1 aromatic heterocycles. The molecule has 0 bridgehead atoms. The molecule has 0 N–H and O–H groups in total. The molecule has 0 amide bonds. The van der Waals surface area contributed by atoms with Crippen LogP contribution in [-0.4, -0.2) is 9.78 Å². The number of hydrogen-bond donors (Lipinski definition) is 0. The SMILES string of the molecule is Cc1ccc(C#N)c(-c2ccnn2C(C)C)c1. The van der Waals surface area contributed by atoms with Gasteiger partial charge in [-0.15, -0.1) is 0 Å².